The molecule has 2 aromatic carbocycles. The summed E-state index contributed by atoms with van der Waals surface area (Å²) in [6.45, 7) is 3.39. The van der Waals surface area contributed by atoms with Gasteiger partial charge in [-0.1, -0.05) is 35.0 Å². The number of nitrogens with two attached hydrogens (primary N) is 1. The third kappa shape index (κ3) is 4.80. The number of nitrogens with zero attached hydrogens (tertiary/aromatic N) is 4. The van der Waals surface area contributed by atoms with Gasteiger partial charge >= 0.3 is 0 Å². The molecule has 0 aliphatic carbocycles. The van der Waals surface area contributed by atoms with Crippen molar-refractivity contribution in [2.75, 3.05) is 17.3 Å². The summed E-state index contributed by atoms with van der Waals surface area (Å²) in [7, 11) is 0. The van der Waals surface area contributed by atoms with Crippen LogP contribution in [-0.4, -0.2) is 37.9 Å². The normalized spacial score (nSPS) is 10.9. The Labute approximate surface area is 194 Å². The maximum absolute atomic E-state index is 12.6. The molecule has 4 rings (SSSR count). The van der Waals surface area contributed by atoms with Gasteiger partial charge in [0.15, 0.2) is 5.78 Å². The number of benzene rings is 2. The Morgan fingerprint density at radius 3 is 2.45 bits per heavy atom. The van der Waals surface area contributed by atoms with E-state index < -0.39 is 0 Å². The molecular formula is C23H22N6O3S. The number of thioether (sulfide) groups is 1. The van der Waals surface area contributed by atoms with Crippen LogP contribution in [0.1, 0.15) is 22.8 Å². The Kier molecular flexibility index (Phi) is 6.27. The summed E-state index contributed by atoms with van der Waals surface area (Å²) in [5.41, 5.74) is 9.90. The number of anilines is 2. The quantitative estimate of drug-likeness (QED) is 0.311. The average Bonchev–Trinajstić information content (AvgIpc) is 3.39. The van der Waals surface area contributed by atoms with E-state index in [1.807, 2.05) is 37.4 Å². The Morgan fingerprint density at radius 2 is 1.82 bits per heavy atom. The van der Waals surface area contributed by atoms with Crippen LogP contribution in [0.3, 0.4) is 0 Å². The molecule has 10 heteroatoms. The van der Waals surface area contributed by atoms with Gasteiger partial charge in [-0.3, -0.25) is 9.59 Å². The molecular weight excluding hydrogens is 440 g/mol. The van der Waals surface area contributed by atoms with Crippen LogP contribution in [0, 0.1) is 6.92 Å². The summed E-state index contributed by atoms with van der Waals surface area (Å²) in [6, 6.07) is 14.4. The minimum atomic E-state index is -0.315. The molecule has 1 amide bonds. The van der Waals surface area contributed by atoms with Gasteiger partial charge in [-0.2, -0.15) is 10.1 Å². The van der Waals surface area contributed by atoms with E-state index in [4.69, 9.17) is 10.3 Å². The molecule has 2 heterocycles. The first-order valence-corrected chi connectivity index (χ1v) is 11.3. The van der Waals surface area contributed by atoms with E-state index in [0.29, 0.717) is 27.7 Å². The van der Waals surface area contributed by atoms with Gasteiger partial charge in [-0.25, -0.2) is 4.68 Å². The van der Waals surface area contributed by atoms with Crippen LogP contribution in [0.15, 0.2) is 58.1 Å². The zero-order chi connectivity index (χ0) is 23.5. The number of aromatic nitrogens is 4. The van der Waals surface area contributed by atoms with Crippen LogP contribution in [0.25, 0.3) is 22.8 Å². The fourth-order valence-corrected chi connectivity index (χ4v) is 3.76. The van der Waals surface area contributed by atoms with Gasteiger partial charge in [0.1, 0.15) is 23.0 Å². The minimum Gasteiger partial charge on any atom is -0.383 e. The SMILES string of the molecule is CSc1nn(CC(=O)Nc2ccc(C(C)=O)cc2)c(N)c1-c1nc(-c2ccc(C)cc2)no1. The summed E-state index contributed by atoms with van der Waals surface area (Å²) in [4.78, 5) is 28.4. The molecule has 4 aromatic rings. The first kappa shape index (κ1) is 22.3. The lowest BCUT2D eigenvalue weighted by molar-refractivity contribution is -0.116. The first-order valence-electron chi connectivity index (χ1n) is 10.1. The summed E-state index contributed by atoms with van der Waals surface area (Å²) in [5, 5.41) is 11.9. The molecule has 2 aromatic heterocycles. The standard InChI is InChI=1S/C23H22N6O3S/c1-13-4-6-16(7-5-13)21-26-22(32-28-21)19-20(24)29(27-23(19)33-3)12-18(31)25-17-10-8-15(9-11-17)14(2)30/h4-11H,12,24H2,1-3H3,(H,25,31). The fraction of sp³-hybridized carbons (Fsp3) is 0.174. The zero-order valence-electron chi connectivity index (χ0n) is 18.3. The molecule has 0 unspecified atom stereocenters. The number of ketones is 1. The van der Waals surface area contributed by atoms with Crippen molar-refractivity contribution < 1.29 is 14.1 Å². The van der Waals surface area contributed by atoms with E-state index in [1.54, 1.807) is 24.3 Å². The highest BCUT2D eigenvalue weighted by molar-refractivity contribution is 7.98. The summed E-state index contributed by atoms with van der Waals surface area (Å²) in [5.74, 6) is 0.570. The average molecular weight is 463 g/mol. The maximum atomic E-state index is 12.6. The second kappa shape index (κ2) is 9.29. The van der Waals surface area contributed by atoms with Gasteiger partial charge in [-0.05, 0) is 44.4 Å². The lowest BCUT2D eigenvalue weighted by Gasteiger charge is -2.07. The van der Waals surface area contributed by atoms with Crippen LogP contribution >= 0.6 is 11.8 Å². The van der Waals surface area contributed by atoms with Crippen molar-refractivity contribution in [2.24, 2.45) is 0 Å². The molecule has 0 atom stereocenters. The molecule has 0 saturated carbocycles. The highest BCUT2D eigenvalue weighted by atomic mass is 32.2. The van der Waals surface area contributed by atoms with Gasteiger partial charge in [0, 0.05) is 16.8 Å². The van der Waals surface area contributed by atoms with E-state index in [-0.39, 0.29) is 29.9 Å². The molecule has 168 valence electrons. The van der Waals surface area contributed by atoms with Crippen LogP contribution < -0.4 is 11.1 Å². The minimum absolute atomic E-state index is 0.0409. The molecule has 0 fully saturated rings. The molecule has 0 aliphatic rings. The molecule has 33 heavy (non-hydrogen) atoms. The van der Waals surface area contributed by atoms with Crippen molar-refractivity contribution in [3.63, 3.8) is 0 Å². The maximum Gasteiger partial charge on any atom is 0.264 e. The fourth-order valence-electron chi connectivity index (χ4n) is 3.19. The summed E-state index contributed by atoms with van der Waals surface area (Å²) < 4.78 is 6.87. The van der Waals surface area contributed by atoms with Crippen molar-refractivity contribution in [2.45, 2.75) is 25.4 Å². The number of nitrogen functional groups attached to an aromatic ring is 1. The van der Waals surface area contributed by atoms with E-state index in [2.05, 4.69) is 20.6 Å². The molecule has 0 saturated heterocycles. The number of aryl methyl sites for hydroxylation is 1. The molecule has 9 nitrogen and oxygen atoms in total. The van der Waals surface area contributed by atoms with Gasteiger partial charge in [0.05, 0.1) is 0 Å². The predicted molar refractivity (Wildman–Crippen MR) is 127 cm³/mol. The Bertz CT molecular complexity index is 1310. The zero-order valence-corrected chi connectivity index (χ0v) is 19.1. The smallest absolute Gasteiger partial charge is 0.264 e. The number of hydrogen-bond acceptors (Lipinski definition) is 8. The van der Waals surface area contributed by atoms with Crippen LogP contribution in [0.2, 0.25) is 0 Å². The lowest BCUT2D eigenvalue weighted by Crippen LogP contribution is -2.20. The number of carbonyl (C=O) groups excluding carboxylic acids is 2. The highest BCUT2D eigenvalue weighted by Gasteiger charge is 2.23. The molecule has 3 N–H and O–H groups in total. The van der Waals surface area contributed by atoms with Gasteiger partial charge in [-0.15, -0.1) is 11.8 Å². The van der Waals surface area contributed by atoms with Crippen molar-refractivity contribution in [1.82, 2.24) is 19.9 Å². The lowest BCUT2D eigenvalue weighted by atomic mass is 10.1. The second-order valence-corrected chi connectivity index (χ2v) is 8.19. The largest absolute Gasteiger partial charge is 0.383 e. The summed E-state index contributed by atoms with van der Waals surface area (Å²) >= 11 is 1.36. The van der Waals surface area contributed by atoms with Crippen molar-refractivity contribution in [3.05, 3.63) is 59.7 Å². The number of amides is 1. The Balaban J connectivity index is 1.54. The molecule has 0 aliphatic heterocycles. The van der Waals surface area contributed by atoms with Crippen molar-refractivity contribution in [3.8, 4) is 22.8 Å². The predicted octanol–water partition coefficient (Wildman–Crippen LogP) is 4.05. The van der Waals surface area contributed by atoms with Gasteiger partial charge in [0.2, 0.25) is 11.7 Å². The molecule has 0 spiro atoms. The third-order valence-corrected chi connectivity index (χ3v) is 5.64. The third-order valence-electron chi connectivity index (χ3n) is 4.97. The van der Waals surface area contributed by atoms with E-state index in [9.17, 15) is 9.59 Å². The second-order valence-electron chi connectivity index (χ2n) is 7.40. The van der Waals surface area contributed by atoms with Crippen LogP contribution in [-0.2, 0) is 11.3 Å². The molecule has 0 bridgehead atoms. The number of carbonyl (C=O) groups is 2. The van der Waals surface area contributed by atoms with E-state index >= 15 is 0 Å². The van der Waals surface area contributed by atoms with Gasteiger partial charge in [0.25, 0.3) is 5.89 Å². The van der Waals surface area contributed by atoms with Crippen molar-refractivity contribution in [1.29, 1.82) is 0 Å². The highest BCUT2D eigenvalue weighted by Crippen LogP contribution is 2.34. The Hall–Kier alpha value is -3.92. The number of rotatable bonds is 7. The first-order chi connectivity index (χ1) is 15.9. The number of Topliss-reactive ketones (excluding diaryl/α,β-unsaturated/α-hetero) is 1. The van der Waals surface area contributed by atoms with Crippen LogP contribution in [0.4, 0.5) is 11.5 Å². The van der Waals surface area contributed by atoms with E-state index in [1.165, 1.54) is 23.4 Å². The van der Waals surface area contributed by atoms with E-state index in [0.717, 1.165) is 11.1 Å². The van der Waals surface area contributed by atoms with Gasteiger partial charge < -0.3 is 15.6 Å². The topological polar surface area (TPSA) is 129 Å². The Morgan fingerprint density at radius 1 is 1.12 bits per heavy atom. The number of nitrogens with one attached hydrogen (secondary N) is 1. The summed E-state index contributed by atoms with van der Waals surface area (Å²) in [6.07, 6.45) is 1.85. The monoisotopic (exact) mass is 462 g/mol. The molecule has 0 radical (unpaired) electrons. The van der Waals surface area contributed by atoms with Crippen molar-refractivity contribution >= 4 is 35.0 Å². The van der Waals surface area contributed by atoms with Crippen LogP contribution in [0.5, 0.6) is 0 Å². The number of hydrogen-bond donors (Lipinski definition) is 2.